The molecule has 0 radical (unpaired) electrons. The summed E-state index contributed by atoms with van der Waals surface area (Å²) >= 11 is 0. The van der Waals surface area contributed by atoms with E-state index in [1.807, 2.05) is 0 Å². The number of carbonyl (C=O) groups is 1. The van der Waals surface area contributed by atoms with Crippen molar-refractivity contribution in [2.24, 2.45) is 0 Å². The Morgan fingerprint density at radius 3 is 2.64 bits per heavy atom. The van der Waals surface area contributed by atoms with Crippen LogP contribution in [0.5, 0.6) is 5.75 Å². The Morgan fingerprint density at radius 2 is 2.09 bits per heavy atom. The molecule has 1 aromatic heterocycles. The highest BCUT2D eigenvalue weighted by Crippen LogP contribution is 2.33. The van der Waals surface area contributed by atoms with Gasteiger partial charge in [-0.25, -0.2) is 4.68 Å². The molecule has 0 aliphatic rings. The zero-order valence-electron chi connectivity index (χ0n) is 12.0. The second-order valence-electron chi connectivity index (χ2n) is 4.71. The van der Waals surface area contributed by atoms with Crippen molar-refractivity contribution in [1.82, 2.24) is 15.0 Å². The largest absolute Gasteiger partial charge is 0.426 e. The van der Waals surface area contributed by atoms with Gasteiger partial charge in [-0.05, 0) is 25.1 Å². The van der Waals surface area contributed by atoms with Crippen molar-refractivity contribution in [3.05, 3.63) is 41.2 Å². The summed E-state index contributed by atoms with van der Waals surface area (Å²) in [6, 6.07) is 2.99. The van der Waals surface area contributed by atoms with E-state index >= 15 is 0 Å². The lowest BCUT2D eigenvalue weighted by molar-refractivity contribution is -0.137. The molecule has 2 rings (SSSR count). The van der Waals surface area contributed by atoms with E-state index in [0.717, 1.165) is 18.2 Å². The normalized spacial score (nSPS) is 11.5. The van der Waals surface area contributed by atoms with Crippen molar-refractivity contribution in [2.75, 3.05) is 0 Å². The first-order valence-electron chi connectivity index (χ1n) is 6.57. The van der Waals surface area contributed by atoms with Gasteiger partial charge in [0.05, 0.1) is 17.8 Å². The lowest BCUT2D eigenvalue weighted by Gasteiger charge is -2.13. The molecule has 0 saturated heterocycles. The van der Waals surface area contributed by atoms with Gasteiger partial charge < -0.3 is 4.74 Å². The molecule has 0 bridgehead atoms. The summed E-state index contributed by atoms with van der Waals surface area (Å²) in [5.74, 6) is -0.427. The first-order chi connectivity index (χ1) is 10.3. The van der Waals surface area contributed by atoms with Crippen LogP contribution in [0.1, 0.15) is 30.2 Å². The maximum Gasteiger partial charge on any atom is 0.416 e. The number of aryl methyl sites for hydroxylation is 1. The van der Waals surface area contributed by atoms with Crippen LogP contribution in [0.4, 0.5) is 13.2 Å². The van der Waals surface area contributed by atoms with Crippen molar-refractivity contribution in [3.8, 4) is 5.75 Å². The van der Waals surface area contributed by atoms with Crippen LogP contribution in [0.2, 0.25) is 0 Å². The third-order valence-electron chi connectivity index (χ3n) is 2.89. The highest BCUT2D eigenvalue weighted by atomic mass is 19.4. The summed E-state index contributed by atoms with van der Waals surface area (Å²) < 4.78 is 44.9. The van der Waals surface area contributed by atoms with Gasteiger partial charge in [0.1, 0.15) is 5.75 Å². The van der Waals surface area contributed by atoms with Gasteiger partial charge in [0, 0.05) is 18.2 Å². The Hall–Kier alpha value is -2.38. The molecule has 0 atom stereocenters. The number of nitrogens with zero attached hydrogens (tertiary/aromatic N) is 3. The number of carbonyl (C=O) groups excluding carboxylic acids is 1. The number of esters is 1. The summed E-state index contributed by atoms with van der Waals surface area (Å²) in [4.78, 5) is 11.4. The molecule has 0 spiro atoms. The van der Waals surface area contributed by atoms with Crippen molar-refractivity contribution in [1.29, 1.82) is 0 Å². The molecule has 8 heteroatoms. The molecule has 0 N–H and O–H groups in total. The fourth-order valence-corrected chi connectivity index (χ4v) is 1.82. The van der Waals surface area contributed by atoms with Crippen LogP contribution in [-0.2, 0) is 17.5 Å². The standard InChI is InChI=1S/C14H14F3N3O2/c1-3-13(21)22-12-5-4-11(14(15,16)17)6-10(12)8-20-7-9(2)18-19-20/h4-7H,3,8H2,1-2H3. The summed E-state index contributed by atoms with van der Waals surface area (Å²) in [7, 11) is 0. The minimum atomic E-state index is -4.47. The molecule has 0 unspecified atom stereocenters. The van der Waals surface area contributed by atoms with Gasteiger partial charge in [-0.15, -0.1) is 5.10 Å². The minimum absolute atomic E-state index is 0.0249. The van der Waals surface area contributed by atoms with Gasteiger partial charge in [-0.1, -0.05) is 12.1 Å². The van der Waals surface area contributed by atoms with Crippen LogP contribution < -0.4 is 4.74 Å². The van der Waals surface area contributed by atoms with E-state index in [9.17, 15) is 18.0 Å². The molecule has 0 fully saturated rings. The Labute approximate surface area is 124 Å². The van der Waals surface area contributed by atoms with E-state index in [1.165, 1.54) is 4.68 Å². The fourth-order valence-electron chi connectivity index (χ4n) is 1.82. The summed E-state index contributed by atoms with van der Waals surface area (Å²) in [5.41, 5.74) is 0.0382. The first kappa shape index (κ1) is 16.0. The third kappa shape index (κ3) is 3.84. The Bertz CT molecular complexity index is 680. The van der Waals surface area contributed by atoms with Crippen LogP contribution in [0.15, 0.2) is 24.4 Å². The van der Waals surface area contributed by atoms with E-state index in [2.05, 4.69) is 10.3 Å². The number of benzene rings is 1. The molecule has 0 saturated carbocycles. The van der Waals surface area contributed by atoms with Crippen molar-refractivity contribution in [2.45, 2.75) is 33.0 Å². The lowest BCUT2D eigenvalue weighted by atomic mass is 10.1. The van der Waals surface area contributed by atoms with Crippen molar-refractivity contribution < 1.29 is 22.7 Å². The van der Waals surface area contributed by atoms with E-state index in [4.69, 9.17) is 4.74 Å². The molecular weight excluding hydrogens is 299 g/mol. The second-order valence-corrected chi connectivity index (χ2v) is 4.71. The number of alkyl halides is 3. The number of ether oxygens (including phenoxy) is 1. The number of hydrogen-bond acceptors (Lipinski definition) is 4. The number of hydrogen-bond donors (Lipinski definition) is 0. The highest BCUT2D eigenvalue weighted by Gasteiger charge is 2.31. The second kappa shape index (κ2) is 6.17. The Kier molecular flexibility index (Phi) is 4.48. The molecule has 22 heavy (non-hydrogen) atoms. The van der Waals surface area contributed by atoms with E-state index < -0.39 is 17.7 Å². The maximum atomic E-state index is 12.8. The topological polar surface area (TPSA) is 57.0 Å². The molecule has 118 valence electrons. The van der Waals surface area contributed by atoms with Crippen LogP contribution in [0.25, 0.3) is 0 Å². The first-order valence-corrected chi connectivity index (χ1v) is 6.57. The summed E-state index contributed by atoms with van der Waals surface area (Å²) in [6.07, 6.45) is -2.76. The molecule has 1 heterocycles. The fraction of sp³-hybridized carbons (Fsp3) is 0.357. The highest BCUT2D eigenvalue weighted by molar-refractivity contribution is 5.72. The van der Waals surface area contributed by atoms with E-state index in [-0.39, 0.29) is 24.3 Å². The zero-order chi connectivity index (χ0) is 16.3. The molecule has 2 aromatic rings. The number of aromatic nitrogens is 3. The van der Waals surface area contributed by atoms with Gasteiger partial charge in [0.2, 0.25) is 0 Å². The van der Waals surface area contributed by atoms with Crippen LogP contribution in [0, 0.1) is 6.92 Å². The Morgan fingerprint density at radius 1 is 1.36 bits per heavy atom. The molecule has 0 aliphatic carbocycles. The van der Waals surface area contributed by atoms with Gasteiger partial charge in [-0.3, -0.25) is 4.79 Å². The molecule has 0 aliphatic heterocycles. The molecule has 5 nitrogen and oxygen atoms in total. The molecular formula is C14H14F3N3O2. The van der Waals surface area contributed by atoms with E-state index in [1.54, 1.807) is 20.0 Å². The monoisotopic (exact) mass is 313 g/mol. The SMILES string of the molecule is CCC(=O)Oc1ccc(C(F)(F)F)cc1Cn1cc(C)nn1. The van der Waals surface area contributed by atoms with Gasteiger partial charge >= 0.3 is 12.1 Å². The van der Waals surface area contributed by atoms with Gasteiger partial charge in [0.25, 0.3) is 0 Å². The van der Waals surface area contributed by atoms with Gasteiger partial charge in [0.15, 0.2) is 0 Å². The zero-order valence-corrected chi connectivity index (χ0v) is 12.0. The summed E-state index contributed by atoms with van der Waals surface area (Å²) in [6.45, 7) is 3.34. The smallest absolute Gasteiger partial charge is 0.416 e. The van der Waals surface area contributed by atoms with E-state index in [0.29, 0.717) is 5.69 Å². The average molecular weight is 313 g/mol. The van der Waals surface area contributed by atoms with Crippen molar-refractivity contribution in [3.63, 3.8) is 0 Å². The maximum absolute atomic E-state index is 12.8. The summed E-state index contributed by atoms with van der Waals surface area (Å²) in [5, 5.41) is 7.56. The average Bonchev–Trinajstić information content (AvgIpc) is 2.84. The van der Waals surface area contributed by atoms with Gasteiger partial charge in [-0.2, -0.15) is 13.2 Å². The lowest BCUT2D eigenvalue weighted by Crippen LogP contribution is -2.12. The number of halogens is 3. The molecule has 1 aromatic carbocycles. The predicted octanol–water partition coefficient (Wildman–Crippen LogP) is 2.97. The molecule has 0 amide bonds. The minimum Gasteiger partial charge on any atom is -0.426 e. The van der Waals surface area contributed by atoms with Crippen LogP contribution >= 0.6 is 0 Å². The number of rotatable bonds is 4. The quantitative estimate of drug-likeness (QED) is 0.643. The van der Waals surface area contributed by atoms with Crippen molar-refractivity contribution >= 4 is 5.97 Å². The Balaban J connectivity index is 2.38. The van der Waals surface area contributed by atoms with Crippen LogP contribution in [-0.4, -0.2) is 21.0 Å². The third-order valence-corrected chi connectivity index (χ3v) is 2.89. The predicted molar refractivity (Wildman–Crippen MR) is 71.2 cm³/mol. The van der Waals surface area contributed by atoms with Crippen LogP contribution in [0.3, 0.4) is 0 Å².